The van der Waals surface area contributed by atoms with Gasteiger partial charge in [0.1, 0.15) is 5.75 Å². The van der Waals surface area contributed by atoms with Crippen LogP contribution >= 0.6 is 0 Å². The summed E-state index contributed by atoms with van der Waals surface area (Å²) in [5.41, 5.74) is 2.10. The first-order valence-electron chi connectivity index (χ1n) is 7.31. The normalized spacial score (nSPS) is 10.4. The highest BCUT2D eigenvalue weighted by Crippen LogP contribution is 2.24. The van der Waals surface area contributed by atoms with Crippen molar-refractivity contribution in [2.75, 3.05) is 25.5 Å². The Morgan fingerprint density at radius 2 is 1.95 bits per heavy atom. The quantitative estimate of drug-likeness (QED) is 0.791. The lowest BCUT2D eigenvalue weighted by Gasteiger charge is -2.14. The summed E-state index contributed by atoms with van der Waals surface area (Å²) in [5.74, 6) is 1.43. The molecular formula is C17H23N3O. The second-order valence-corrected chi connectivity index (χ2v) is 5.14. The smallest absolute Gasteiger partial charge is 0.219 e. The van der Waals surface area contributed by atoms with Crippen LogP contribution in [0.3, 0.4) is 0 Å². The molecule has 0 amide bonds. The number of nitrogens with one attached hydrogen (secondary N) is 1. The molecule has 0 aliphatic carbocycles. The predicted molar refractivity (Wildman–Crippen MR) is 87.1 cm³/mol. The minimum absolute atomic E-state index is 0.627. The monoisotopic (exact) mass is 285 g/mol. The van der Waals surface area contributed by atoms with E-state index in [1.54, 1.807) is 0 Å². The molecule has 0 aliphatic rings. The van der Waals surface area contributed by atoms with Crippen molar-refractivity contribution in [1.29, 1.82) is 0 Å². The Labute approximate surface area is 126 Å². The van der Waals surface area contributed by atoms with Gasteiger partial charge in [0.2, 0.25) is 5.88 Å². The Balaban J connectivity index is 2.05. The van der Waals surface area contributed by atoms with E-state index in [1.165, 1.54) is 0 Å². The fourth-order valence-corrected chi connectivity index (χ4v) is 1.95. The van der Waals surface area contributed by atoms with E-state index in [0.717, 1.165) is 36.6 Å². The van der Waals surface area contributed by atoms with E-state index in [1.807, 2.05) is 61.5 Å². The highest BCUT2D eigenvalue weighted by atomic mass is 16.5. The Hall–Kier alpha value is -2.07. The van der Waals surface area contributed by atoms with E-state index in [2.05, 4.69) is 17.2 Å². The SMILES string of the molecule is CCCNCc1cccc(Oc2cccc(N(C)C)c2)n1. The lowest BCUT2D eigenvalue weighted by Crippen LogP contribution is -2.14. The molecule has 1 N–H and O–H groups in total. The molecule has 0 radical (unpaired) electrons. The van der Waals surface area contributed by atoms with Crippen molar-refractivity contribution in [3.05, 3.63) is 48.2 Å². The number of anilines is 1. The van der Waals surface area contributed by atoms with Crippen LogP contribution in [0.2, 0.25) is 0 Å². The Bertz CT molecular complexity index is 569. The molecule has 4 heteroatoms. The highest BCUT2D eigenvalue weighted by Gasteiger charge is 2.03. The average Bonchev–Trinajstić information content (AvgIpc) is 2.48. The second kappa shape index (κ2) is 7.64. The van der Waals surface area contributed by atoms with Crippen LogP contribution in [0.1, 0.15) is 19.0 Å². The molecule has 0 bridgehead atoms. The molecule has 0 unspecified atom stereocenters. The zero-order valence-electron chi connectivity index (χ0n) is 13.0. The fourth-order valence-electron chi connectivity index (χ4n) is 1.95. The van der Waals surface area contributed by atoms with Gasteiger partial charge in [-0.15, -0.1) is 0 Å². The minimum Gasteiger partial charge on any atom is -0.439 e. The molecule has 0 saturated heterocycles. The maximum Gasteiger partial charge on any atom is 0.219 e. The summed E-state index contributed by atoms with van der Waals surface area (Å²) in [6.07, 6.45) is 1.12. The molecule has 0 spiro atoms. The summed E-state index contributed by atoms with van der Waals surface area (Å²) in [7, 11) is 4.02. The van der Waals surface area contributed by atoms with Crippen LogP contribution in [0.4, 0.5) is 5.69 Å². The molecule has 2 rings (SSSR count). The van der Waals surface area contributed by atoms with Crippen molar-refractivity contribution < 1.29 is 4.74 Å². The number of pyridine rings is 1. The van der Waals surface area contributed by atoms with E-state index >= 15 is 0 Å². The molecular weight excluding hydrogens is 262 g/mol. The van der Waals surface area contributed by atoms with Crippen molar-refractivity contribution in [3.8, 4) is 11.6 Å². The molecule has 0 saturated carbocycles. The molecule has 1 aromatic carbocycles. The summed E-state index contributed by atoms with van der Waals surface area (Å²) >= 11 is 0. The zero-order valence-corrected chi connectivity index (χ0v) is 13.0. The summed E-state index contributed by atoms with van der Waals surface area (Å²) in [6, 6.07) is 13.8. The van der Waals surface area contributed by atoms with E-state index in [4.69, 9.17) is 4.74 Å². The van der Waals surface area contributed by atoms with Crippen LogP contribution < -0.4 is 15.0 Å². The second-order valence-electron chi connectivity index (χ2n) is 5.14. The maximum atomic E-state index is 5.85. The van der Waals surface area contributed by atoms with Gasteiger partial charge in [0.05, 0.1) is 5.69 Å². The largest absolute Gasteiger partial charge is 0.439 e. The zero-order chi connectivity index (χ0) is 15.1. The van der Waals surface area contributed by atoms with Gasteiger partial charge in [0, 0.05) is 38.5 Å². The number of rotatable bonds is 7. The first kappa shape index (κ1) is 15.3. The van der Waals surface area contributed by atoms with Gasteiger partial charge >= 0.3 is 0 Å². The lowest BCUT2D eigenvalue weighted by atomic mass is 10.3. The average molecular weight is 285 g/mol. The highest BCUT2D eigenvalue weighted by molar-refractivity contribution is 5.50. The Morgan fingerprint density at radius 3 is 2.71 bits per heavy atom. The predicted octanol–water partition coefficient (Wildman–Crippen LogP) is 3.44. The number of aromatic nitrogens is 1. The Kier molecular flexibility index (Phi) is 5.58. The number of hydrogen-bond acceptors (Lipinski definition) is 4. The van der Waals surface area contributed by atoms with Crippen molar-refractivity contribution in [1.82, 2.24) is 10.3 Å². The third-order valence-corrected chi connectivity index (χ3v) is 3.07. The third-order valence-electron chi connectivity index (χ3n) is 3.07. The van der Waals surface area contributed by atoms with Crippen LogP contribution in [0.15, 0.2) is 42.5 Å². The van der Waals surface area contributed by atoms with E-state index < -0.39 is 0 Å². The molecule has 4 nitrogen and oxygen atoms in total. The third kappa shape index (κ3) is 4.76. The van der Waals surface area contributed by atoms with E-state index in [9.17, 15) is 0 Å². The first-order chi connectivity index (χ1) is 10.2. The molecule has 112 valence electrons. The van der Waals surface area contributed by atoms with Gasteiger partial charge in [-0.05, 0) is 31.2 Å². The number of hydrogen-bond donors (Lipinski definition) is 1. The summed E-state index contributed by atoms with van der Waals surface area (Å²) in [6.45, 7) is 3.91. The van der Waals surface area contributed by atoms with Gasteiger partial charge in [-0.2, -0.15) is 0 Å². The van der Waals surface area contributed by atoms with E-state index in [0.29, 0.717) is 5.88 Å². The van der Waals surface area contributed by atoms with Crippen molar-refractivity contribution in [3.63, 3.8) is 0 Å². The molecule has 0 atom stereocenters. The fraction of sp³-hybridized carbons (Fsp3) is 0.353. The van der Waals surface area contributed by atoms with Gasteiger partial charge < -0.3 is 15.0 Å². The van der Waals surface area contributed by atoms with Crippen molar-refractivity contribution >= 4 is 5.69 Å². The Morgan fingerprint density at radius 1 is 1.14 bits per heavy atom. The summed E-state index contributed by atoms with van der Waals surface area (Å²) < 4.78 is 5.85. The lowest BCUT2D eigenvalue weighted by molar-refractivity contribution is 0.459. The van der Waals surface area contributed by atoms with Crippen LogP contribution in [0.5, 0.6) is 11.6 Å². The standard InChI is InChI=1S/C17H23N3O/c1-4-11-18-13-14-7-5-10-17(19-14)21-16-9-6-8-15(12-16)20(2)3/h5-10,12,18H,4,11,13H2,1-3H3. The van der Waals surface area contributed by atoms with Gasteiger partial charge in [0.25, 0.3) is 0 Å². The molecule has 21 heavy (non-hydrogen) atoms. The van der Waals surface area contributed by atoms with Gasteiger partial charge in [-0.25, -0.2) is 4.98 Å². The number of ether oxygens (including phenoxy) is 1. The van der Waals surface area contributed by atoms with Crippen LogP contribution in [0.25, 0.3) is 0 Å². The topological polar surface area (TPSA) is 37.4 Å². The maximum absolute atomic E-state index is 5.85. The van der Waals surface area contributed by atoms with Crippen molar-refractivity contribution in [2.24, 2.45) is 0 Å². The van der Waals surface area contributed by atoms with Gasteiger partial charge in [-0.1, -0.05) is 19.1 Å². The molecule has 2 aromatic rings. The first-order valence-corrected chi connectivity index (χ1v) is 7.31. The van der Waals surface area contributed by atoms with Gasteiger partial charge in [0.15, 0.2) is 0 Å². The minimum atomic E-state index is 0.627. The summed E-state index contributed by atoms with van der Waals surface area (Å²) in [5, 5.41) is 3.34. The summed E-state index contributed by atoms with van der Waals surface area (Å²) in [4.78, 5) is 6.56. The molecule has 1 aromatic heterocycles. The van der Waals surface area contributed by atoms with E-state index in [-0.39, 0.29) is 0 Å². The number of benzene rings is 1. The molecule has 0 fully saturated rings. The van der Waals surface area contributed by atoms with Crippen molar-refractivity contribution in [2.45, 2.75) is 19.9 Å². The molecule has 0 aliphatic heterocycles. The van der Waals surface area contributed by atoms with Crippen LogP contribution in [-0.2, 0) is 6.54 Å². The number of nitrogens with zero attached hydrogens (tertiary/aromatic N) is 2. The molecule has 1 heterocycles. The van der Waals surface area contributed by atoms with Crippen LogP contribution in [-0.4, -0.2) is 25.6 Å². The van der Waals surface area contributed by atoms with Crippen LogP contribution in [0, 0.1) is 0 Å². The van der Waals surface area contributed by atoms with Gasteiger partial charge in [-0.3, -0.25) is 0 Å².